The minimum atomic E-state index is -4.44. The molecule has 1 N–H and O–H groups in total. The van der Waals surface area contributed by atoms with Gasteiger partial charge in [0.2, 0.25) is 5.91 Å². The molecule has 0 spiro atoms. The van der Waals surface area contributed by atoms with Gasteiger partial charge in [0, 0.05) is 12.8 Å². The first-order valence-electron chi connectivity index (χ1n) is 6.07. The molecule has 118 valence electrons. The van der Waals surface area contributed by atoms with Gasteiger partial charge < -0.3 is 19.5 Å². The van der Waals surface area contributed by atoms with Gasteiger partial charge in [-0.3, -0.25) is 4.79 Å². The number of benzene rings is 1. The second kappa shape index (κ2) is 8.48. The number of nitrogens with one attached hydrogen (secondary N) is 1. The van der Waals surface area contributed by atoms with E-state index in [0.717, 1.165) is 0 Å². The summed E-state index contributed by atoms with van der Waals surface area (Å²) < 4.78 is 49.9. The molecule has 0 unspecified atom stereocenters. The number of rotatable bonds is 8. The Labute approximate surface area is 120 Å². The number of alkyl halides is 3. The zero-order valence-electron chi connectivity index (χ0n) is 11.4. The van der Waals surface area contributed by atoms with Crippen LogP contribution in [0.5, 0.6) is 5.75 Å². The van der Waals surface area contributed by atoms with Gasteiger partial charge >= 0.3 is 6.18 Å². The van der Waals surface area contributed by atoms with E-state index in [9.17, 15) is 18.0 Å². The molecule has 0 aliphatic heterocycles. The van der Waals surface area contributed by atoms with Crippen molar-refractivity contribution in [3.8, 4) is 5.75 Å². The quantitative estimate of drug-likeness (QED) is 0.748. The van der Waals surface area contributed by atoms with Crippen LogP contribution < -0.4 is 10.1 Å². The number of hydrogen-bond donors (Lipinski definition) is 1. The number of amides is 1. The molecular formula is C13H16F3NO4. The van der Waals surface area contributed by atoms with Crippen LogP contribution >= 0.6 is 0 Å². The van der Waals surface area contributed by atoms with Crippen LogP contribution in [0.2, 0.25) is 0 Å². The molecule has 0 saturated heterocycles. The smallest absolute Gasteiger partial charge is 0.411 e. The van der Waals surface area contributed by atoms with E-state index in [2.05, 4.69) is 10.1 Å². The standard InChI is InChI=1S/C13H16F3NO4/c1-19-6-7-21-11-4-2-10(3-5-11)17-12(18)8-20-9-13(14,15)16/h2-5H,6-9H2,1H3,(H,17,18). The van der Waals surface area contributed by atoms with Crippen molar-refractivity contribution in [3.05, 3.63) is 24.3 Å². The van der Waals surface area contributed by atoms with Crippen LogP contribution in [-0.2, 0) is 14.3 Å². The summed E-state index contributed by atoms with van der Waals surface area (Å²) in [6.07, 6.45) is -4.44. The summed E-state index contributed by atoms with van der Waals surface area (Å²) in [5.41, 5.74) is 0.440. The van der Waals surface area contributed by atoms with E-state index in [1.165, 1.54) is 0 Å². The minimum Gasteiger partial charge on any atom is -0.491 e. The van der Waals surface area contributed by atoms with Gasteiger partial charge in [-0.05, 0) is 24.3 Å². The van der Waals surface area contributed by atoms with Gasteiger partial charge in [-0.2, -0.15) is 13.2 Å². The van der Waals surface area contributed by atoms with Gasteiger partial charge in [0.1, 0.15) is 25.6 Å². The molecule has 1 amide bonds. The molecule has 0 saturated carbocycles. The Morgan fingerprint density at radius 3 is 2.43 bits per heavy atom. The lowest BCUT2D eigenvalue weighted by Crippen LogP contribution is -2.23. The lowest BCUT2D eigenvalue weighted by molar-refractivity contribution is -0.174. The van der Waals surface area contributed by atoms with E-state index in [1.54, 1.807) is 31.4 Å². The normalized spacial score (nSPS) is 11.2. The number of hydrogen-bond acceptors (Lipinski definition) is 4. The van der Waals surface area contributed by atoms with Crippen molar-refractivity contribution in [2.45, 2.75) is 6.18 Å². The van der Waals surface area contributed by atoms with Crippen LogP contribution in [-0.4, -0.2) is 45.6 Å². The van der Waals surface area contributed by atoms with Gasteiger partial charge in [-0.25, -0.2) is 0 Å². The van der Waals surface area contributed by atoms with Crippen molar-refractivity contribution in [1.29, 1.82) is 0 Å². The molecule has 0 aliphatic rings. The van der Waals surface area contributed by atoms with Crippen molar-refractivity contribution in [2.75, 3.05) is 38.9 Å². The maximum atomic E-state index is 11.8. The number of carbonyl (C=O) groups excluding carboxylic acids is 1. The van der Waals surface area contributed by atoms with Gasteiger partial charge in [0.05, 0.1) is 6.61 Å². The molecule has 0 radical (unpaired) electrons. The van der Waals surface area contributed by atoms with Gasteiger partial charge in [-0.1, -0.05) is 0 Å². The number of carbonyl (C=O) groups is 1. The zero-order valence-corrected chi connectivity index (χ0v) is 11.4. The summed E-state index contributed by atoms with van der Waals surface area (Å²) >= 11 is 0. The fourth-order valence-electron chi connectivity index (χ4n) is 1.33. The number of halogens is 3. The molecule has 1 aromatic rings. The third kappa shape index (κ3) is 8.16. The molecular weight excluding hydrogens is 291 g/mol. The van der Waals surface area contributed by atoms with Crippen LogP contribution in [0, 0.1) is 0 Å². The maximum absolute atomic E-state index is 11.8. The van der Waals surface area contributed by atoms with Crippen molar-refractivity contribution < 1.29 is 32.2 Å². The fourth-order valence-corrected chi connectivity index (χ4v) is 1.33. The molecule has 0 bridgehead atoms. The lowest BCUT2D eigenvalue weighted by Gasteiger charge is -2.09. The van der Waals surface area contributed by atoms with Crippen molar-refractivity contribution >= 4 is 11.6 Å². The van der Waals surface area contributed by atoms with E-state index in [0.29, 0.717) is 24.7 Å². The average molecular weight is 307 g/mol. The first-order chi connectivity index (χ1) is 9.90. The van der Waals surface area contributed by atoms with E-state index < -0.39 is 25.3 Å². The van der Waals surface area contributed by atoms with Crippen molar-refractivity contribution in [3.63, 3.8) is 0 Å². The van der Waals surface area contributed by atoms with Gasteiger partial charge in [0.15, 0.2) is 0 Å². The van der Waals surface area contributed by atoms with E-state index in [4.69, 9.17) is 9.47 Å². The third-order valence-electron chi connectivity index (χ3n) is 2.19. The highest BCUT2D eigenvalue weighted by Crippen LogP contribution is 2.16. The largest absolute Gasteiger partial charge is 0.491 e. The summed E-state index contributed by atoms with van der Waals surface area (Å²) in [5.74, 6) is -0.0642. The second-order valence-corrected chi connectivity index (χ2v) is 4.02. The maximum Gasteiger partial charge on any atom is 0.411 e. The lowest BCUT2D eigenvalue weighted by atomic mass is 10.3. The number of methoxy groups -OCH3 is 1. The molecule has 21 heavy (non-hydrogen) atoms. The highest BCUT2D eigenvalue weighted by Gasteiger charge is 2.27. The average Bonchev–Trinajstić information content (AvgIpc) is 2.39. The first-order valence-corrected chi connectivity index (χ1v) is 6.07. The second-order valence-electron chi connectivity index (χ2n) is 4.02. The predicted octanol–water partition coefficient (Wildman–Crippen LogP) is 2.23. The molecule has 8 heteroatoms. The third-order valence-corrected chi connectivity index (χ3v) is 2.19. The van der Waals surface area contributed by atoms with E-state index in [1.807, 2.05) is 0 Å². The molecule has 1 rings (SSSR count). The predicted molar refractivity (Wildman–Crippen MR) is 69.3 cm³/mol. The van der Waals surface area contributed by atoms with Gasteiger partial charge in [-0.15, -0.1) is 0 Å². The zero-order chi connectivity index (χ0) is 15.7. The SMILES string of the molecule is COCCOc1ccc(NC(=O)COCC(F)(F)F)cc1. The van der Waals surface area contributed by atoms with Crippen LogP contribution in [0.4, 0.5) is 18.9 Å². The number of anilines is 1. The topological polar surface area (TPSA) is 56.8 Å². The number of ether oxygens (including phenoxy) is 3. The Hall–Kier alpha value is -1.80. The molecule has 0 aliphatic carbocycles. The Balaban J connectivity index is 2.32. The molecule has 5 nitrogen and oxygen atoms in total. The van der Waals surface area contributed by atoms with Crippen molar-refractivity contribution in [2.24, 2.45) is 0 Å². The molecule has 0 aromatic heterocycles. The van der Waals surface area contributed by atoms with Crippen molar-refractivity contribution in [1.82, 2.24) is 0 Å². The molecule has 0 heterocycles. The molecule has 0 atom stereocenters. The Bertz CT molecular complexity index is 434. The van der Waals surface area contributed by atoms with Crippen LogP contribution in [0.25, 0.3) is 0 Å². The fraction of sp³-hybridized carbons (Fsp3) is 0.462. The molecule has 0 fully saturated rings. The Morgan fingerprint density at radius 1 is 1.19 bits per heavy atom. The van der Waals surface area contributed by atoms with Crippen LogP contribution in [0.15, 0.2) is 24.3 Å². The van der Waals surface area contributed by atoms with Gasteiger partial charge in [0.25, 0.3) is 0 Å². The molecule has 1 aromatic carbocycles. The summed E-state index contributed by atoms with van der Waals surface area (Å²) in [6.45, 7) is -1.26. The first kappa shape index (κ1) is 17.3. The summed E-state index contributed by atoms with van der Waals surface area (Å²) in [5, 5.41) is 2.41. The summed E-state index contributed by atoms with van der Waals surface area (Å²) in [7, 11) is 1.56. The Kier molecular flexibility index (Phi) is 6.97. The Morgan fingerprint density at radius 2 is 1.86 bits per heavy atom. The van der Waals surface area contributed by atoms with E-state index >= 15 is 0 Å². The highest BCUT2D eigenvalue weighted by atomic mass is 19.4. The highest BCUT2D eigenvalue weighted by molar-refractivity contribution is 5.91. The monoisotopic (exact) mass is 307 g/mol. The van der Waals surface area contributed by atoms with Crippen LogP contribution in [0.3, 0.4) is 0 Å². The van der Waals surface area contributed by atoms with Crippen LogP contribution in [0.1, 0.15) is 0 Å². The van der Waals surface area contributed by atoms with E-state index in [-0.39, 0.29) is 0 Å². The summed E-state index contributed by atoms with van der Waals surface area (Å²) in [4.78, 5) is 11.3. The minimum absolute atomic E-state index is 0.396. The summed E-state index contributed by atoms with van der Waals surface area (Å²) in [6, 6.07) is 6.40.